The molecule has 4 heteroatoms. The second-order valence-electron chi connectivity index (χ2n) is 1.87. The first-order valence-corrected chi connectivity index (χ1v) is 2.80. The van der Waals surface area contributed by atoms with E-state index in [4.69, 9.17) is 4.42 Å². The van der Waals surface area contributed by atoms with Gasteiger partial charge in [0, 0.05) is 6.07 Å². The molecule has 0 radical (unpaired) electrons. The molecule has 0 aliphatic carbocycles. The van der Waals surface area contributed by atoms with Crippen molar-refractivity contribution in [2.75, 3.05) is 0 Å². The van der Waals surface area contributed by atoms with Crippen molar-refractivity contribution in [2.24, 2.45) is 4.99 Å². The molecule has 10 heavy (non-hydrogen) atoms. The molecule has 2 aromatic heterocycles. The molecule has 0 aliphatic rings. The second-order valence-corrected chi connectivity index (χ2v) is 1.87. The zero-order chi connectivity index (χ0) is 6.97. The zero-order valence-corrected chi connectivity index (χ0v) is 5.16. The summed E-state index contributed by atoms with van der Waals surface area (Å²) in [5, 5.41) is 6.57. The second kappa shape index (κ2) is 1.70. The fourth-order valence-corrected chi connectivity index (χ4v) is 0.842. The van der Waals surface area contributed by atoms with Crippen molar-refractivity contribution in [3.05, 3.63) is 12.3 Å². The third-order valence-electron chi connectivity index (χ3n) is 1.30. The highest BCUT2D eigenvalue weighted by Gasteiger charge is 2.04. The van der Waals surface area contributed by atoms with E-state index in [1.807, 2.05) is 0 Å². The maximum atomic E-state index is 5.05. The van der Waals surface area contributed by atoms with Crippen molar-refractivity contribution in [3.8, 4) is 0 Å². The number of aliphatic imine (C=N–C) groups is 1. The maximum absolute atomic E-state index is 5.05. The Morgan fingerprint density at radius 1 is 1.70 bits per heavy atom. The van der Waals surface area contributed by atoms with Crippen LogP contribution < -0.4 is 0 Å². The molecular formula is C6H5N3O. The minimum Gasteiger partial charge on any atom is -0.459 e. The molecule has 50 valence electrons. The monoisotopic (exact) mass is 135 g/mol. The SMILES string of the molecule is C=Nc1n[nH]c2ccoc12. The summed E-state index contributed by atoms with van der Waals surface area (Å²) in [5.74, 6) is 0.514. The average Bonchev–Trinajstić information content (AvgIpc) is 2.44. The Morgan fingerprint density at radius 3 is 3.40 bits per heavy atom. The van der Waals surface area contributed by atoms with E-state index in [-0.39, 0.29) is 0 Å². The van der Waals surface area contributed by atoms with Gasteiger partial charge >= 0.3 is 0 Å². The van der Waals surface area contributed by atoms with Crippen LogP contribution in [0, 0.1) is 0 Å². The largest absolute Gasteiger partial charge is 0.459 e. The molecule has 1 N–H and O–H groups in total. The minimum atomic E-state index is 0.514. The predicted molar refractivity (Wildman–Crippen MR) is 37.6 cm³/mol. The number of furan rings is 1. The van der Waals surface area contributed by atoms with Gasteiger partial charge in [-0.05, 0) is 6.72 Å². The van der Waals surface area contributed by atoms with E-state index < -0.39 is 0 Å². The molecule has 0 aliphatic heterocycles. The number of nitrogens with one attached hydrogen (secondary N) is 1. The zero-order valence-electron chi connectivity index (χ0n) is 5.16. The van der Waals surface area contributed by atoms with Crippen LogP contribution in [0.5, 0.6) is 0 Å². The number of aromatic nitrogens is 2. The van der Waals surface area contributed by atoms with Gasteiger partial charge in [-0.3, -0.25) is 5.10 Å². The first kappa shape index (κ1) is 5.22. The van der Waals surface area contributed by atoms with Crippen molar-refractivity contribution in [3.63, 3.8) is 0 Å². The van der Waals surface area contributed by atoms with Crippen LogP contribution in [0.1, 0.15) is 0 Å². The molecule has 2 aromatic rings. The topological polar surface area (TPSA) is 54.2 Å². The molecule has 4 nitrogen and oxygen atoms in total. The van der Waals surface area contributed by atoms with Crippen molar-refractivity contribution in [1.29, 1.82) is 0 Å². The highest BCUT2D eigenvalue weighted by atomic mass is 16.3. The van der Waals surface area contributed by atoms with Gasteiger partial charge in [0.25, 0.3) is 0 Å². The fraction of sp³-hybridized carbons (Fsp3) is 0. The molecule has 0 spiro atoms. The summed E-state index contributed by atoms with van der Waals surface area (Å²) in [7, 11) is 0. The molecule has 0 bridgehead atoms. The Bertz CT molecular complexity index is 360. The van der Waals surface area contributed by atoms with E-state index >= 15 is 0 Å². The lowest BCUT2D eigenvalue weighted by molar-refractivity contribution is 0.616. The average molecular weight is 135 g/mol. The number of hydrogen-bond donors (Lipinski definition) is 1. The van der Waals surface area contributed by atoms with Crippen LogP contribution >= 0.6 is 0 Å². The number of H-pyrrole nitrogens is 1. The quantitative estimate of drug-likeness (QED) is 0.602. The lowest BCUT2D eigenvalue weighted by Crippen LogP contribution is -1.62. The van der Waals surface area contributed by atoms with Gasteiger partial charge in [-0.1, -0.05) is 0 Å². The summed E-state index contributed by atoms with van der Waals surface area (Å²) in [5.41, 5.74) is 1.51. The lowest BCUT2D eigenvalue weighted by atomic mass is 10.5. The highest BCUT2D eigenvalue weighted by Crippen LogP contribution is 2.22. The smallest absolute Gasteiger partial charge is 0.216 e. The Kier molecular flexibility index (Phi) is 0.887. The van der Waals surface area contributed by atoms with Crippen LogP contribution in [0.2, 0.25) is 0 Å². The fourth-order valence-electron chi connectivity index (χ4n) is 0.842. The van der Waals surface area contributed by atoms with Gasteiger partial charge in [0.2, 0.25) is 5.82 Å². The van der Waals surface area contributed by atoms with Crippen LogP contribution in [0.15, 0.2) is 21.7 Å². The summed E-state index contributed by atoms with van der Waals surface area (Å²) in [6, 6.07) is 1.79. The molecule has 0 saturated carbocycles. The normalized spacial score (nSPS) is 10.4. The van der Waals surface area contributed by atoms with Gasteiger partial charge in [0.05, 0.1) is 6.26 Å². The minimum absolute atomic E-state index is 0.514. The van der Waals surface area contributed by atoms with Gasteiger partial charge in [-0.15, -0.1) is 0 Å². The Morgan fingerprint density at radius 2 is 2.60 bits per heavy atom. The molecule has 0 saturated heterocycles. The number of fused-ring (bicyclic) bond motifs is 1. The van der Waals surface area contributed by atoms with Gasteiger partial charge in [-0.25, -0.2) is 4.99 Å². The molecule has 0 unspecified atom stereocenters. The Labute approximate surface area is 56.6 Å². The number of aromatic amines is 1. The van der Waals surface area contributed by atoms with Crippen molar-refractivity contribution in [1.82, 2.24) is 10.2 Å². The van der Waals surface area contributed by atoms with Gasteiger partial charge in [-0.2, -0.15) is 5.10 Å². The summed E-state index contributed by atoms with van der Waals surface area (Å²) in [4.78, 5) is 3.64. The third kappa shape index (κ3) is 0.500. The van der Waals surface area contributed by atoms with Gasteiger partial charge in [0.15, 0.2) is 5.58 Å². The van der Waals surface area contributed by atoms with E-state index in [2.05, 4.69) is 21.9 Å². The van der Waals surface area contributed by atoms with Crippen LogP contribution in [0.4, 0.5) is 5.82 Å². The van der Waals surface area contributed by atoms with E-state index in [1.54, 1.807) is 12.3 Å². The number of nitrogens with zero attached hydrogens (tertiary/aromatic N) is 2. The first-order valence-electron chi connectivity index (χ1n) is 2.80. The van der Waals surface area contributed by atoms with E-state index in [1.165, 1.54) is 0 Å². The maximum Gasteiger partial charge on any atom is 0.216 e. The van der Waals surface area contributed by atoms with Crippen LogP contribution in [-0.2, 0) is 0 Å². The molecule has 0 atom stereocenters. The summed E-state index contributed by atoms with van der Waals surface area (Å²) >= 11 is 0. The molecule has 0 aromatic carbocycles. The summed E-state index contributed by atoms with van der Waals surface area (Å²) < 4.78 is 5.05. The van der Waals surface area contributed by atoms with Crippen molar-refractivity contribution >= 4 is 23.6 Å². The standard InChI is InChI=1S/C6H5N3O/c1-7-6-5-4(8-9-6)2-3-10-5/h2-3H,1H2,(H,8,9). The molecular weight excluding hydrogens is 130 g/mol. The summed E-state index contributed by atoms with van der Waals surface area (Å²) in [6.45, 7) is 3.34. The van der Waals surface area contributed by atoms with Crippen LogP contribution in [0.3, 0.4) is 0 Å². The van der Waals surface area contributed by atoms with Crippen LogP contribution in [0.25, 0.3) is 11.1 Å². The van der Waals surface area contributed by atoms with Crippen LogP contribution in [-0.4, -0.2) is 16.9 Å². The van der Waals surface area contributed by atoms with E-state index in [0.717, 1.165) is 5.52 Å². The Balaban J connectivity index is 2.88. The third-order valence-corrected chi connectivity index (χ3v) is 1.30. The van der Waals surface area contributed by atoms with Crippen molar-refractivity contribution < 1.29 is 4.42 Å². The Hall–Kier alpha value is -1.58. The number of hydrogen-bond acceptors (Lipinski definition) is 3. The van der Waals surface area contributed by atoms with Gasteiger partial charge in [0.1, 0.15) is 5.52 Å². The molecule has 0 amide bonds. The number of rotatable bonds is 1. The van der Waals surface area contributed by atoms with Gasteiger partial charge < -0.3 is 4.42 Å². The first-order chi connectivity index (χ1) is 4.92. The van der Waals surface area contributed by atoms with E-state index in [0.29, 0.717) is 11.4 Å². The lowest BCUT2D eigenvalue weighted by Gasteiger charge is -1.76. The van der Waals surface area contributed by atoms with Crippen molar-refractivity contribution in [2.45, 2.75) is 0 Å². The predicted octanol–water partition coefficient (Wildman–Crippen LogP) is 1.49. The molecule has 2 rings (SSSR count). The highest BCUT2D eigenvalue weighted by molar-refractivity contribution is 5.82. The summed E-state index contributed by atoms with van der Waals surface area (Å²) in [6.07, 6.45) is 1.58. The molecule has 2 heterocycles. The molecule has 0 fully saturated rings. The van der Waals surface area contributed by atoms with E-state index in [9.17, 15) is 0 Å².